The molecule has 4 rings (SSSR count). The molecule has 0 aliphatic heterocycles. The predicted molar refractivity (Wildman–Crippen MR) is 116 cm³/mol. The number of furan rings is 1. The number of anilines is 4. The Bertz CT molecular complexity index is 1220. The number of carbonyl (C=O) groups is 1. The number of rotatable bonds is 5. The number of nitrogens with one attached hydrogen (secondary N) is 1. The number of halogens is 1. The van der Waals surface area contributed by atoms with Crippen LogP contribution in [0.3, 0.4) is 0 Å². The van der Waals surface area contributed by atoms with E-state index in [1.807, 2.05) is 48.3 Å². The second-order valence-corrected chi connectivity index (χ2v) is 6.78. The SMILES string of the molecule is COc1ccc(N(C)c2ccc3oc(C(=O)Nc4cc(F)ccc4N)cc3c2)cc1. The zero-order chi connectivity index (χ0) is 21.3. The van der Waals surface area contributed by atoms with Crippen LogP contribution in [0.5, 0.6) is 5.75 Å². The highest BCUT2D eigenvalue weighted by Crippen LogP contribution is 2.30. The summed E-state index contributed by atoms with van der Waals surface area (Å²) >= 11 is 0. The molecule has 0 atom stereocenters. The highest BCUT2D eigenvalue weighted by atomic mass is 19.1. The van der Waals surface area contributed by atoms with Crippen LogP contribution in [0.4, 0.5) is 27.1 Å². The number of hydrogen-bond donors (Lipinski definition) is 2. The first kappa shape index (κ1) is 19.3. The summed E-state index contributed by atoms with van der Waals surface area (Å²) in [5.41, 5.74) is 8.73. The van der Waals surface area contributed by atoms with Crippen molar-refractivity contribution < 1.29 is 18.3 Å². The summed E-state index contributed by atoms with van der Waals surface area (Å²) in [4.78, 5) is 14.6. The maximum atomic E-state index is 13.4. The van der Waals surface area contributed by atoms with Crippen LogP contribution < -0.4 is 20.7 Å². The maximum absolute atomic E-state index is 13.4. The lowest BCUT2D eigenvalue weighted by molar-refractivity contribution is 0.0998. The van der Waals surface area contributed by atoms with Crippen LogP contribution in [0.1, 0.15) is 10.6 Å². The van der Waals surface area contributed by atoms with Crippen LogP contribution in [-0.2, 0) is 0 Å². The Hall–Kier alpha value is -4.00. The number of nitrogens with zero attached hydrogens (tertiary/aromatic N) is 1. The number of hydrogen-bond acceptors (Lipinski definition) is 5. The van der Waals surface area contributed by atoms with Gasteiger partial charge in [0, 0.05) is 23.8 Å². The molecule has 30 heavy (non-hydrogen) atoms. The van der Waals surface area contributed by atoms with Crippen molar-refractivity contribution in [2.45, 2.75) is 0 Å². The zero-order valence-corrected chi connectivity index (χ0v) is 16.5. The molecule has 4 aromatic rings. The molecule has 7 heteroatoms. The van der Waals surface area contributed by atoms with Gasteiger partial charge in [-0.2, -0.15) is 0 Å². The molecule has 6 nitrogen and oxygen atoms in total. The molecule has 1 aromatic heterocycles. The first-order valence-corrected chi connectivity index (χ1v) is 9.22. The largest absolute Gasteiger partial charge is 0.497 e. The third-order valence-electron chi connectivity index (χ3n) is 4.83. The van der Waals surface area contributed by atoms with Crippen molar-refractivity contribution in [3.8, 4) is 5.75 Å². The molecule has 0 spiro atoms. The van der Waals surface area contributed by atoms with Gasteiger partial charge in [0.1, 0.15) is 17.1 Å². The zero-order valence-electron chi connectivity index (χ0n) is 16.5. The molecule has 0 radical (unpaired) electrons. The molecule has 0 saturated heterocycles. The maximum Gasteiger partial charge on any atom is 0.291 e. The molecular formula is C23H20FN3O3. The number of methoxy groups -OCH3 is 1. The topological polar surface area (TPSA) is 80.7 Å². The van der Waals surface area contributed by atoms with Crippen LogP contribution in [-0.4, -0.2) is 20.1 Å². The third-order valence-corrected chi connectivity index (χ3v) is 4.83. The summed E-state index contributed by atoms with van der Waals surface area (Å²) in [5, 5.41) is 3.35. The molecule has 0 aliphatic carbocycles. The van der Waals surface area contributed by atoms with Gasteiger partial charge in [0.15, 0.2) is 5.76 Å². The predicted octanol–water partition coefficient (Wildman–Crippen LogP) is 5.18. The van der Waals surface area contributed by atoms with Gasteiger partial charge in [0.2, 0.25) is 0 Å². The van der Waals surface area contributed by atoms with Gasteiger partial charge in [0.05, 0.1) is 18.5 Å². The van der Waals surface area contributed by atoms with Gasteiger partial charge in [-0.05, 0) is 66.7 Å². The first-order chi connectivity index (χ1) is 14.4. The van der Waals surface area contributed by atoms with E-state index in [0.717, 1.165) is 28.6 Å². The number of nitrogens with two attached hydrogens (primary N) is 1. The van der Waals surface area contributed by atoms with E-state index in [0.29, 0.717) is 5.58 Å². The molecule has 0 unspecified atom stereocenters. The van der Waals surface area contributed by atoms with E-state index < -0.39 is 11.7 Å². The standard InChI is InChI=1S/C23H20FN3O3/c1-27(16-4-7-18(29-2)8-5-16)17-6-10-21-14(11-17)12-22(30-21)23(28)26-20-13-15(24)3-9-19(20)25/h3-13H,25H2,1-2H3,(H,26,28). The summed E-state index contributed by atoms with van der Waals surface area (Å²) in [5.74, 6) is -0.103. The lowest BCUT2D eigenvalue weighted by Gasteiger charge is -2.19. The van der Waals surface area contributed by atoms with E-state index in [2.05, 4.69) is 5.32 Å². The minimum atomic E-state index is -0.506. The molecule has 0 bridgehead atoms. The Morgan fingerprint density at radius 2 is 1.77 bits per heavy atom. The van der Waals surface area contributed by atoms with Crippen molar-refractivity contribution in [1.29, 1.82) is 0 Å². The summed E-state index contributed by atoms with van der Waals surface area (Å²) in [6.07, 6.45) is 0. The molecule has 0 fully saturated rings. The van der Waals surface area contributed by atoms with Crippen LogP contribution in [0.2, 0.25) is 0 Å². The minimum Gasteiger partial charge on any atom is -0.497 e. The molecule has 1 amide bonds. The lowest BCUT2D eigenvalue weighted by atomic mass is 10.2. The highest BCUT2D eigenvalue weighted by molar-refractivity contribution is 6.06. The smallest absolute Gasteiger partial charge is 0.291 e. The van der Waals surface area contributed by atoms with E-state index >= 15 is 0 Å². The Balaban J connectivity index is 1.58. The van der Waals surface area contributed by atoms with Crippen molar-refractivity contribution in [2.24, 2.45) is 0 Å². The lowest BCUT2D eigenvalue weighted by Crippen LogP contribution is -2.12. The van der Waals surface area contributed by atoms with E-state index in [1.54, 1.807) is 19.2 Å². The molecule has 3 N–H and O–H groups in total. The van der Waals surface area contributed by atoms with E-state index in [4.69, 9.17) is 14.9 Å². The number of amides is 1. The second kappa shape index (κ2) is 7.79. The third kappa shape index (κ3) is 3.77. The van der Waals surface area contributed by atoms with Crippen molar-refractivity contribution in [1.82, 2.24) is 0 Å². The summed E-state index contributed by atoms with van der Waals surface area (Å²) in [6, 6.07) is 18.8. The monoisotopic (exact) mass is 405 g/mol. The van der Waals surface area contributed by atoms with Gasteiger partial charge in [-0.15, -0.1) is 0 Å². The van der Waals surface area contributed by atoms with Gasteiger partial charge in [-0.1, -0.05) is 0 Å². The number of nitrogen functional groups attached to an aromatic ring is 1. The van der Waals surface area contributed by atoms with Crippen molar-refractivity contribution in [3.63, 3.8) is 0 Å². The minimum absolute atomic E-state index is 0.109. The van der Waals surface area contributed by atoms with Crippen molar-refractivity contribution in [2.75, 3.05) is 30.1 Å². The van der Waals surface area contributed by atoms with Crippen LogP contribution in [0.25, 0.3) is 11.0 Å². The molecule has 3 aromatic carbocycles. The molecular weight excluding hydrogens is 385 g/mol. The van der Waals surface area contributed by atoms with Crippen molar-refractivity contribution in [3.05, 3.63) is 78.3 Å². The van der Waals surface area contributed by atoms with E-state index in [9.17, 15) is 9.18 Å². The van der Waals surface area contributed by atoms with Crippen LogP contribution in [0, 0.1) is 5.82 Å². The summed E-state index contributed by atoms with van der Waals surface area (Å²) in [6.45, 7) is 0. The fourth-order valence-electron chi connectivity index (χ4n) is 3.13. The Labute approximate surface area is 172 Å². The fraction of sp³-hybridized carbons (Fsp3) is 0.0870. The highest BCUT2D eigenvalue weighted by Gasteiger charge is 2.15. The number of fused-ring (bicyclic) bond motifs is 1. The van der Waals surface area contributed by atoms with E-state index in [1.165, 1.54) is 12.1 Å². The molecule has 0 aliphatic rings. The second-order valence-electron chi connectivity index (χ2n) is 6.78. The number of benzene rings is 3. The molecule has 1 heterocycles. The van der Waals surface area contributed by atoms with Gasteiger partial charge in [0.25, 0.3) is 5.91 Å². The fourth-order valence-corrected chi connectivity index (χ4v) is 3.13. The molecule has 0 saturated carbocycles. The normalized spacial score (nSPS) is 10.8. The Morgan fingerprint density at radius 1 is 1.03 bits per heavy atom. The average molecular weight is 405 g/mol. The van der Waals surface area contributed by atoms with Crippen molar-refractivity contribution >= 4 is 39.6 Å². The number of carbonyl (C=O) groups excluding carboxylic acids is 1. The number of ether oxygens (including phenoxy) is 1. The first-order valence-electron chi connectivity index (χ1n) is 9.22. The van der Waals surface area contributed by atoms with Crippen LogP contribution >= 0.6 is 0 Å². The van der Waals surface area contributed by atoms with E-state index in [-0.39, 0.29) is 17.1 Å². The summed E-state index contributed by atoms with van der Waals surface area (Å²) in [7, 11) is 3.57. The Kier molecular flexibility index (Phi) is 5.02. The quantitative estimate of drug-likeness (QED) is 0.447. The summed E-state index contributed by atoms with van der Waals surface area (Å²) < 4.78 is 24.3. The van der Waals surface area contributed by atoms with Gasteiger partial charge < -0.3 is 25.1 Å². The van der Waals surface area contributed by atoms with Gasteiger partial charge in [-0.25, -0.2) is 4.39 Å². The van der Waals surface area contributed by atoms with Gasteiger partial charge >= 0.3 is 0 Å². The van der Waals surface area contributed by atoms with Gasteiger partial charge in [-0.3, -0.25) is 4.79 Å². The van der Waals surface area contributed by atoms with Crippen LogP contribution in [0.15, 0.2) is 71.1 Å². The Morgan fingerprint density at radius 3 is 2.50 bits per heavy atom. The average Bonchev–Trinajstić information content (AvgIpc) is 3.19. The molecule has 152 valence electrons.